The zero-order valence-electron chi connectivity index (χ0n) is 19.2. The van der Waals surface area contributed by atoms with E-state index in [9.17, 15) is 14.7 Å². The lowest BCUT2D eigenvalue weighted by atomic mass is 9.89. The first-order valence-corrected chi connectivity index (χ1v) is 11.2. The number of benzene rings is 4. The van der Waals surface area contributed by atoms with E-state index < -0.39 is 5.97 Å². The van der Waals surface area contributed by atoms with Crippen LogP contribution in [0.25, 0.3) is 33.4 Å². The summed E-state index contributed by atoms with van der Waals surface area (Å²) in [6.45, 7) is 4.41. The molecule has 0 saturated carbocycles. The summed E-state index contributed by atoms with van der Waals surface area (Å²) in [7, 11) is 0. The lowest BCUT2D eigenvalue weighted by molar-refractivity contribution is 0.0458. The number of hydrogen-bond donors (Lipinski definition) is 1. The Hall–Kier alpha value is -4.18. The topological polar surface area (TPSA) is 63.6 Å². The van der Waals surface area contributed by atoms with Gasteiger partial charge in [0.05, 0.1) is 17.7 Å². The number of carboxylic acid groups (broad SMARTS) is 1. The van der Waals surface area contributed by atoms with Gasteiger partial charge in [0.25, 0.3) is 0 Å². The Balaban J connectivity index is 1.70. The fourth-order valence-corrected chi connectivity index (χ4v) is 3.84. The summed E-state index contributed by atoms with van der Waals surface area (Å²) in [6, 6.07) is 30.6. The third-order valence-electron chi connectivity index (χ3n) is 5.57. The van der Waals surface area contributed by atoms with Crippen molar-refractivity contribution in [2.75, 3.05) is 6.61 Å². The lowest BCUT2D eigenvalue weighted by Crippen LogP contribution is -2.09. The van der Waals surface area contributed by atoms with Crippen molar-refractivity contribution >= 4 is 11.9 Å². The van der Waals surface area contributed by atoms with Crippen molar-refractivity contribution in [3.63, 3.8) is 0 Å². The van der Waals surface area contributed by atoms with Gasteiger partial charge in [-0.25, -0.2) is 9.59 Å². The number of carbonyl (C=O) groups excluding carboxylic acids is 1. The van der Waals surface area contributed by atoms with Crippen molar-refractivity contribution in [3.8, 4) is 33.4 Å². The molecular weight excluding hydrogens is 424 g/mol. The third-order valence-corrected chi connectivity index (χ3v) is 5.57. The number of carbonyl (C=O) groups is 2. The highest BCUT2D eigenvalue weighted by molar-refractivity contribution is 5.94. The number of ether oxygens (including phenoxy) is 1. The predicted molar refractivity (Wildman–Crippen MR) is 135 cm³/mol. The van der Waals surface area contributed by atoms with E-state index in [0.717, 1.165) is 33.4 Å². The first kappa shape index (κ1) is 23.0. The second-order valence-corrected chi connectivity index (χ2v) is 8.54. The normalized spacial score (nSPS) is 10.8. The maximum atomic E-state index is 12.3. The average Bonchev–Trinajstić information content (AvgIpc) is 2.87. The molecule has 34 heavy (non-hydrogen) atoms. The minimum atomic E-state index is -0.943. The van der Waals surface area contributed by atoms with Crippen LogP contribution in [-0.4, -0.2) is 23.7 Å². The predicted octanol–water partition coefficient (Wildman–Crippen LogP) is 7.20. The monoisotopic (exact) mass is 450 g/mol. The number of rotatable bonds is 7. The molecule has 1 N–H and O–H groups in total. The summed E-state index contributed by atoms with van der Waals surface area (Å²) in [5.41, 5.74) is 6.87. The molecule has 0 bridgehead atoms. The van der Waals surface area contributed by atoms with Gasteiger partial charge in [0.15, 0.2) is 0 Å². The van der Waals surface area contributed by atoms with Crippen molar-refractivity contribution in [1.82, 2.24) is 0 Å². The highest BCUT2D eigenvalue weighted by atomic mass is 16.5. The summed E-state index contributed by atoms with van der Waals surface area (Å²) in [4.78, 5) is 23.5. The molecule has 170 valence electrons. The van der Waals surface area contributed by atoms with E-state index in [1.165, 1.54) is 0 Å². The van der Waals surface area contributed by atoms with Crippen molar-refractivity contribution in [1.29, 1.82) is 0 Å². The Labute approximate surface area is 199 Å². The second kappa shape index (κ2) is 10.2. The molecule has 4 nitrogen and oxygen atoms in total. The third kappa shape index (κ3) is 5.07. The molecule has 0 aliphatic carbocycles. The van der Waals surface area contributed by atoms with E-state index in [2.05, 4.69) is 18.2 Å². The van der Waals surface area contributed by atoms with Crippen LogP contribution in [-0.2, 0) is 4.74 Å². The summed E-state index contributed by atoms with van der Waals surface area (Å²) in [6.07, 6.45) is 0. The minimum Gasteiger partial charge on any atom is -0.478 e. The van der Waals surface area contributed by atoms with Crippen molar-refractivity contribution in [2.24, 2.45) is 5.92 Å². The van der Waals surface area contributed by atoms with E-state index in [4.69, 9.17) is 4.74 Å². The number of carboxylic acids is 1. The molecule has 0 heterocycles. The molecular formula is C30H26O4. The fraction of sp³-hybridized carbons (Fsp3) is 0.133. The van der Waals surface area contributed by atoms with Gasteiger partial charge in [-0.2, -0.15) is 0 Å². The van der Waals surface area contributed by atoms with Crippen LogP contribution in [0.4, 0.5) is 0 Å². The largest absolute Gasteiger partial charge is 0.478 e. The standard InChI is InChI=1S/C30H26O4/c1-20(2)19-34-30(33)24-17-13-22(14-18-24)26-8-4-6-10-28(26)27-9-5-3-7-25(27)21-11-15-23(16-12-21)29(31)32/h3-18,20H,19H2,1-2H3,(H,31,32). The highest BCUT2D eigenvalue weighted by Gasteiger charge is 2.14. The van der Waals surface area contributed by atoms with E-state index in [1.807, 2.05) is 68.4 Å². The summed E-state index contributed by atoms with van der Waals surface area (Å²) in [5, 5.41) is 9.22. The Morgan fingerprint density at radius 3 is 1.47 bits per heavy atom. The Bertz CT molecular complexity index is 1300. The second-order valence-electron chi connectivity index (χ2n) is 8.54. The van der Waals surface area contributed by atoms with Crippen molar-refractivity contribution in [2.45, 2.75) is 13.8 Å². The smallest absolute Gasteiger partial charge is 0.338 e. The molecule has 0 aliphatic heterocycles. The van der Waals surface area contributed by atoms with Crippen molar-refractivity contribution < 1.29 is 19.4 Å². The molecule has 0 saturated heterocycles. The van der Waals surface area contributed by atoms with E-state index in [-0.39, 0.29) is 17.5 Å². The van der Waals surface area contributed by atoms with Crippen LogP contribution in [0, 0.1) is 5.92 Å². The van der Waals surface area contributed by atoms with Gasteiger partial charge in [-0.3, -0.25) is 0 Å². The molecule has 0 aromatic heterocycles. The highest BCUT2D eigenvalue weighted by Crippen LogP contribution is 2.38. The number of esters is 1. The van der Waals surface area contributed by atoms with E-state index in [1.54, 1.807) is 24.3 Å². The molecule has 4 heteroatoms. The molecule has 0 unspecified atom stereocenters. The van der Waals surface area contributed by atoms with Gasteiger partial charge in [-0.05, 0) is 63.6 Å². The van der Waals surface area contributed by atoms with E-state index >= 15 is 0 Å². The van der Waals surface area contributed by atoms with Crippen molar-refractivity contribution in [3.05, 3.63) is 108 Å². The van der Waals surface area contributed by atoms with Gasteiger partial charge in [-0.15, -0.1) is 0 Å². The maximum absolute atomic E-state index is 12.3. The molecule has 4 aromatic carbocycles. The first-order chi connectivity index (χ1) is 16.4. The molecule has 0 atom stereocenters. The summed E-state index contributed by atoms with van der Waals surface area (Å²) < 4.78 is 5.34. The summed E-state index contributed by atoms with van der Waals surface area (Å²) in [5.74, 6) is -0.971. The lowest BCUT2D eigenvalue weighted by Gasteiger charge is -2.15. The van der Waals surface area contributed by atoms with Crippen LogP contribution >= 0.6 is 0 Å². The average molecular weight is 451 g/mol. The zero-order valence-corrected chi connectivity index (χ0v) is 19.2. The SMILES string of the molecule is CC(C)COC(=O)c1ccc(-c2ccccc2-c2ccccc2-c2ccc(C(=O)O)cc2)cc1. The summed E-state index contributed by atoms with van der Waals surface area (Å²) >= 11 is 0. The number of hydrogen-bond acceptors (Lipinski definition) is 3. The van der Waals surface area contributed by atoms with Gasteiger partial charge < -0.3 is 9.84 Å². The van der Waals surface area contributed by atoms with Crippen LogP contribution in [0.3, 0.4) is 0 Å². The Morgan fingerprint density at radius 2 is 1.06 bits per heavy atom. The zero-order chi connectivity index (χ0) is 24.1. The molecule has 0 aliphatic rings. The van der Waals surface area contributed by atoms with Gasteiger partial charge in [0, 0.05) is 0 Å². The fourth-order valence-electron chi connectivity index (χ4n) is 3.84. The Morgan fingerprint density at radius 1 is 0.647 bits per heavy atom. The quantitative estimate of drug-likeness (QED) is 0.302. The molecule has 0 radical (unpaired) electrons. The maximum Gasteiger partial charge on any atom is 0.338 e. The van der Waals surface area contributed by atoms with Crippen LogP contribution in [0.5, 0.6) is 0 Å². The molecule has 4 rings (SSSR count). The van der Waals surface area contributed by atoms with Gasteiger partial charge >= 0.3 is 11.9 Å². The molecule has 0 amide bonds. The molecule has 4 aromatic rings. The van der Waals surface area contributed by atoms with Crippen LogP contribution in [0.2, 0.25) is 0 Å². The minimum absolute atomic E-state index is 0.258. The first-order valence-electron chi connectivity index (χ1n) is 11.2. The molecule has 0 fully saturated rings. The van der Waals surface area contributed by atoms with Gasteiger partial charge in [0.1, 0.15) is 0 Å². The van der Waals surface area contributed by atoms with Gasteiger partial charge in [-0.1, -0.05) is 86.6 Å². The number of aromatic carboxylic acids is 1. The molecule has 0 spiro atoms. The van der Waals surface area contributed by atoms with Crippen LogP contribution in [0.1, 0.15) is 34.6 Å². The van der Waals surface area contributed by atoms with Crippen LogP contribution < -0.4 is 0 Å². The Kier molecular flexibility index (Phi) is 6.88. The van der Waals surface area contributed by atoms with E-state index in [0.29, 0.717) is 12.2 Å². The van der Waals surface area contributed by atoms with Crippen LogP contribution in [0.15, 0.2) is 97.1 Å². The van der Waals surface area contributed by atoms with Gasteiger partial charge in [0.2, 0.25) is 0 Å².